The van der Waals surface area contributed by atoms with Crippen LogP contribution >= 0.6 is 0 Å². The van der Waals surface area contributed by atoms with Crippen LogP contribution in [0.4, 0.5) is 11.5 Å². The lowest BCUT2D eigenvalue weighted by molar-refractivity contribution is 0.102. The molecule has 0 spiro atoms. The van der Waals surface area contributed by atoms with Crippen LogP contribution in [0.25, 0.3) is 5.82 Å². The summed E-state index contributed by atoms with van der Waals surface area (Å²) >= 11 is 0. The van der Waals surface area contributed by atoms with Crippen LogP contribution in [-0.2, 0) is 0 Å². The van der Waals surface area contributed by atoms with Gasteiger partial charge in [0.2, 0.25) is 0 Å². The topological polar surface area (TPSA) is 88.8 Å². The summed E-state index contributed by atoms with van der Waals surface area (Å²) in [4.78, 5) is 26.5. The number of nitrogens with zero attached hydrogens (tertiary/aromatic N) is 6. The first-order chi connectivity index (χ1) is 11.1. The summed E-state index contributed by atoms with van der Waals surface area (Å²) in [6.07, 6.45) is 6.21. The van der Waals surface area contributed by atoms with Gasteiger partial charge in [0.05, 0.1) is 17.4 Å². The van der Waals surface area contributed by atoms with Gasteiger partial charge in [-0.15, -0.1) is 0 Å². The zero-order valence-electron chi connectivity index (χ0n) is 12.7. The van der Waals surface area contributed by atoms with Crippen LogP contribution in [0.5, 0.6) is 0 Å². The number of hydrogen-bond donors (Lipinski definition) is 1. The lowest BCUT2D eigenvalue weighted by atomic mass is 10.2. The summed E-state index contributed by atoms with van der Waals surface area (Å²) in [5.74, 6) is 0.991. The van der Waals surface area contributed by atoms with Gasteiger partial charge >= 0.3 is 0 Å². The van der Waals surface area contributed by atoms with Crippen molar-refractivity contribution < 1.29 is 4.79 Å². The highest BCUT2D eigenvalue weighted by molar-refractivity contribution is 6.07. The standard InChI is InChI=1S/C15H15N7O/c1-21(2)14-12(4-3-7-17-14)15(23)20-11-5-6-13(18-8-11)22-10-16-9-19-22/h3-10H,1-2H3,(H,20,23). The molecule has 1 amide bonds. The molecule has 0 unspecified atom stereocenters. The summed E-state index contributed by atoms with van der Waals surface area (Å²) in [7, 11) is 3.68. The van der Waals surface area contributed by atoms with Crippen LogP contribution in [0, 0.1) is 0 Å². The predicted molar refractivity (Wildman–Crippen MR) is 85.7 cm³/mol. The molecule has 0 radical (unpaired) electrons. The summed E-state index contributed by atoms with van der Waals surface area (Å²) in [5, 5.41) is 6.81. The Morgan fingerprint density at radius 1 is 1.22 bits per heavy atom. The van der Waals surface area contributed by atoms with E-state index in [9.17, 15) is 4.79 Å². The van der Waals surface area contributed by atoms with Crippen molar-refractivity contribution in [2.75, 3.05) is 24.3 Å². The molecule has 0 saturated heterocycles. The van der Waals surface area contributed by atoms with Crippen molar-refractivity contribution in [3.63, 3.8) is 0 Å². The minimum Gasteiger partial charge on any atom is -0.362 e. The fraction of sp³-hybridized carbons (Fsp3) is 0.133. The summed E-state index contributed by atoms with van der Waals surface area (Å²) in [6.45, 7) is 0. The van der Waals surface area contributed by atoms with Crippen LogP contribution in [0.3, 0.4) is 0 Å². The lowest BCUT2D eigenvalue weighted by Crippen LogP contribution is -2.19. The zero-order valence-corrected chi connectivity index (χ0v) is 12.7. The maximum atomic E-state index is 12.4. The smallest absolute Gasteiger partial charge is 0.259 e. The molecule has 0 aliphatic heterocycles. The Bertz CT molecular complexity index is 797. The number of hydrogen-bond acceptors (Lipinski definition) is 6. The second-order valence-electron chi connectivity index (χ2n) is 4.97. The van der Waals surface area contributed by atoms with E-state index in [0.717, 1.165) is 0 Å². The molecule has 0 aliphatic carbocycles. The normalized spacial score (nSPS) is 10.3. The second-order valence-corrected chi connectivity index (χ2v) is 4.97. The Balaban J connectivity index is 1.78. The molecule has 0 fully saturated rings. The number of aromatic nitrogens is 5. The third kappa shape index (κ3) is 3.15. The largest absolute Gasteiger partial charge is 0.362 e. The van der Waals surface area contributed by atoms with E-state index in [-0.39, 0.29) is 5.91 Å². The van der Waals surface area contributed by atoms with Crippen molar-refractivity contribution in [2.24, 2.45) is 0 Å². The maximum Gasteiger partial charge on any atom is 0.259 e. The number of amides is 1. The SMILES string of the molecule is CN(C)c1ncccc1C(=O)Nc1ccc(-n2cncn2)nc1. The molecule has 3 heterocycles. The summed E-state index contributed by atoms with van der Waals surface area (Å²) < 4.78 is 1.54. The molecule has 0 atom stereocenters. The zero-order chi connectivity index (χ0) is 16.2. The Morgan fingerprint density at radius 2 is 2.09 bits per heavy atom. The second kappa shape index (κ2) is 6.22. The minimum absolute atomic E-state index is 0.239. The summed E-state index contributed by atoms with van der Waals surface area (Å²) in [5.41, 5.74) is 1.09. The fourth-order valence-electron chi connectivity index (χ4n) is 2.05. The Hall–Kier alpha value is -3.29. The van der Waals surface area contributed by atoms with E-state index in [1.165, 1.54) is 11.0 Å². The highest BCUT2D eigenvalue weighted by Gasteiger charge is 2.14. The Kier molecular flexibility index (Phi) is 3.96. The van der Waals surface area contributed by atoms with E-state index >= 15 is 0 Å². The van der Waals surface area contributed by atoms with E-state index in [0.29, 0.717) is 22.9 Å². The van der Waals surface area contributed by atoms with Crippen LogP contribution < -0.4 is 10.2 Å². The third-order valence-electron chi connectivity index (χ3n) is 3.11. The van der Waals surface area contributed by atoms with Crippen LogP contribution in [0.2, 0.25) is 0 Å². The highest BCUT2D eigenvalue weighted by atomic mass is 16.1. The molecule has 23 heavy (non-hydrogen) atoms. The molecule has 3 aromatic heterocycles. The first kappa shape index (κ1) is 14.6. The van der Waals surface area contributed by atoms with Gasteiger partial charge in [0.25, 0.3) is 5.91 Å². The quantitative estimate of drug-likeness (QED) is 0.783. The van der Waals surface area contributed by atoms with Gasteiger partial charge < -0.3 is 10.2 Å². The number of anilines is 2. The number of pyridine rings is 2. The van der Waals surface area contributed by atoms with Crippen molar-refractivity contribution in [3.05, 3.63) is 54.9 Å². The minimum atomic E-state index is -0.239. The molecular formula is C15H15N7O. The van der Waals surface area contributed by atoms with Gasteiger partial charge in [-0.1, -0.05) is 0 Å². The third-order valence-corrected chi connectivity index (χ3v) is 3.11. The molecule has 3 aromatic rings. The van der Waals surface area contributed by atoms with Gasteiger partial charge in [0.1, 0.15) is 18.5 Å². The van der Waals surface area contributed by atoms with Crippen LogP contribution in [0.1, 0.15) is 10.4 Å². The first-order valence-electron chi connectivity index (χ1n) is 6.90. The monoisotopic (exact) mass is 309 g/mol. The van der Waals surface area contributed by atoms with Crippen molar-refractivity contribution in [1.29, 1.82) is 0 Å². The number of nitrogens with one attached hydrogen (secondary N) is 1. The van der Waals surface area contributed by atoms with Gasteiger partial charge in [-0.2, -0.15) is 5.10 Å². The average molecular weight is 309 g/mol. The van der Waals surface area contributed by atoms with E-state index < -0.39 is 0 Å². The van der Waals surface area contributed by atoms with Gasteiger partial charge in [-0.05, 0) is 24.3 Å². The van der Waals surface area contributed by atoms with E-state index in [1.54, 1.807) is 47.9 Å². The van der Waals surface area contributed by atoms with Crippen molar-refractivity contribution in [1.82, 2.24) is 24.7 Å². The molecule has 8 nitrogen and oxygen atoms in total. The number of carbonyl (C=O) groups excluding carboxylic acids is 1. The van der Waals surface area contributed by atoms with Crippen LogP contribution in [0.15, 0.2) is 49.3 Å². The van der Waals surface area contributed by atoms with Crippen LogP contribution in [-0.4, -0.2) is 44.7 Å². The molecule has 3 rings (SSSR count). The van der Waals surface area contributed by atoms with Gasteiger partial charge in [-0.25, -0.2) is 19.6 Å². The molecule has 0 saturated carbocycles. The van der Waals surface area contributed by atoms with Crippen molar-refractivity contribution >= 4 is 17.4 Å². The molecule has 0 bridgehead atoms. The molecule has 1 N–H and O–H groups in total. The molecule has 0 aliphatic rings. The van der Waals surface area contributed by atoms with E-state index in [4.69, 9.17) is 0 Å². The predicted octanol–water partition coefficient (Wildman–Crippen LogP) is 1.38. The van der Waals surface area contributed by atoms with E-state index in [2.05, 4.69) is 25.4 Å². The Morgan fingerprint density at radius 3 is 2.74 bits per heavy atom. The number of carbonyl (C=O) groups is 1. The van der Waals surface area contributed by atoms with Crippen molar-refractivity contribution in [2.45, 2.75) is 0 Å². The average Bonchev–Trinajstić information content (AvgIpc) is 3.10. The summed E-state index contributed by atoms with van der Waals surface area (Å²) in [6, 6.07) is 6.97. The van der Waals surface area contributed by atoms with Crippen molar-refractivity contribution in [3.8, 4) is 5.82 Å². The van der Waals surface area contributed by atoms with Gasteiger partial charge in [0, 0.05) is 20.3 Å². The van der Waals surface area contributed by atoms with E-state index in [1.807, 2.05) is 14.1 Å². The fourth-order valence-corrected chi connectivity index (χ4v) is 2.05. The number of rotatable bonds is 4. The lowest BCUT2D eigenvalue weighted by Gasteiger charge is -2.15. The molecular weight excluding hydrogens is 294 g/mol. The molecule has 8 heteroatoms. The van der Waals surface area contributed by atoms with Gasteiger partial charge in [-0.3, -0.25) is 4.79 Å². The molecule has 116 valence electrons. The first-order valence-corrected chi connectivity index (χ1v) is 6.90. The molecule has 0 aromatic carbocycles. The highest BCUT2D eigenvalue weighted by Crippen LogP contribution is 2.17. The maximum absolute atomic E-state index is 12.4. The van der Waals surface area contributed by atoms with Gasteiger partial charge in [0.15, 0.2) is 5.82 Å². The Labute approximate surface area is 132 Å².